The van der Waals surface area contributed by atoms with E-state index in [1.165, 1.54) is 14.2 Å². The number of esters is 1. The summed E-state index contributed by atoms with van der Waals surface area (Å²) < 4.78 is 33.9. The van der Waals surface area contributed by atoms with Crippen LogP contribution in [0.5, 0.6) is 11.5 Å². The van der Waals surface area contributed by atoms with E-state index in [4.69, 9.17) is 28.1 Å². The van der Waals surface area contributed by atoms with Crippen molar-refractivity contribution < 1.29 is 47.3 Å². The fraction of sp³-hybridized carbons (Fsp3) is 0.476. The van der Waals surface area contributed by atoms with E-state index < -0.39 is 62.8 Å². The first kappa shape index (κ1) is 45.6. The van der Waals surface area contributed by atoms with Crippen LogP contribution in [0.4, 0.5) is 0 Å². The number of ether oxygens (including phenoxy) is 5. The van der Waals surface area contributed by atoms with Gasteiger partial charge in [-0.15, -0.1) is 0 Å². The first-order valence-electron chi connectivity index (χ1n) is 18.8. The highest BCUT2D eigenvalue weighted by Crippen LogP contribution is 2.38. The lowest BCUT2D eigenvalue weighted by Crippen LogP contribution is -2.56. The van der Waals surface area contributed by atoms with Crippen molar-refractivity contribution in [1.82, 2.24) is 16.0 Å². The highest BCUT2D eigenvalue weighted by molar-refractivity contribution is 6.74. The molecule has 3 amide bonds. The van der Waals surface area contributed by atoms with Crippen LogP contribution in [0.3, 0.4) is 0 Å². The predicted molar refractivity (Wildman–Crippen MR) is 216 cm³/mol. The number of carbonyl (C=O) groups excluding carboxylic acids is 4. The molecule has 0 unspecified atom stereocenters. The van der Waals surface area contributed by atoms with E-state index in [0.717, 1.165) is 11.1 Å². The molecule has 0 saturated carbocycles. The van der Waals surface area contributed by atoms with Crippen molar-refractivity contribution in [2.45, 2.75) is 96.5 Å². The monoisotopic (exact) mass is 793 g/mol. The van der Waals surface area contributed by atoms with Gasteiger partial charge < -0.3 is 44.1 Å². The Bertz CT molecular complexity index is 1680. The summed E-state index contributed by atoms with van der Waals surface area (Å²) in [4.78, 5) is 53.4. The molecule has 3 aromatic rings. The fourth-order valence-electron chi connectivity index (χ4n) is 5.37. The summed E-state index contributed by atoms with van der Waals surface area (Å²) in [5.74, 6) is -0.890. The van der Waals surface area contributed by atoms with Gasteiger partial charge in [0.1, 0.15) is 30.9 Å². The second kappa shape index (κ2) is 22.1. The number of amides is 3. The van der Waals surface area contributed by atoms with Crippen molar-refractivity contribution in [3.63, 3.8) is 0 Å². The van der Waals surface area contributed by atoms with Crippen LogP contribution >= 0.6 is 0 Å². The van der Waals surface area contributed by atoms with Crippen LogP contribution in [-0.2, 0) is 46.0 Å². The lowest BCUT2D eigenvalue weighted by Gasteiger charge is -2.41. The number of hydrogen-bond acceptors (Lipinski definition) is 10. The first-order chi connectivity index (χ1) is 26.6. The molecular weight excluding hydrogens is 735 g/mol. The summed E-state index contributed by atoms with van der Waals surface area (Å²) in [5, 5.41) is 8.19. The molecule has 13 nitrogen and oxygen atoms in total. The molecule has 0 aliphatic heterocycles. The Morgan fingerprint density at radius 1 is 0.821 bits per heavy atom. The van der Waals surface area contributed by atoms with Crippen molar-refractivity contribution in [3.8, 4) is 11.5 Å². The molecule has 0 heterocycles. The standard InChI is InChI=1S/C42H59N3O10Si/c1-10-52-38(47)25-36(55-56(8,9)42(3,4)5)35(24-30-16-20-34(21-17-30)53-27-31-14-12-11-13-15-31)44-37(46)26-43-41(49)39(29(2)54-28-50-6)45-40(48)32-18-22-33(51-7)23-19-32/h11-23,29,35-36,39H,10,24-28H2,1-9H3,(H,43,49)(H,44,46)(H,45,48)/t29-,35+,36-,39-/m1/s1. The Labute approximate surface area is 332 Å². The molecule has 0 fully saturated rings. The molecule has 0 radical (unpaired) electrons. The van der Waals surface area contributed by atoms with Crippen molar-refractivity contribution in [2.24, 2.45) is 0 Å². The van der Waals surface area contributed by atoms with Crippen molar-refractivity contribution >= 4 is 32.0 Å². The van der Waals surface area contributed by atoms with Gasteiger partial charge in [0.2, 0.25) is 11.8 Å². The molecule has 3 rings (SSSR count). The number of nitrogens with one attached hydrogen (secondary N) is 3. The summed E-state index contributed by atoms with van der Waals surface area (Å²) in [6.07, 6.45) is -1.36. The predicted octanol–water partition coefficient (Wildman–Crippen LogP) is 5.57. The maximum absolute atomic E-state index is 13.7. The summed E-state index contributed by atoms with van der Waals surface area (Å²) in [5.41, 5.74) is 2.21. The summed E-state index contributed by atoms with van der Waals surface area (Å²) in [6, 6.07) is 21.9. The maximum atomic E-state index is 13.7. The van der Waals surface area contributed by atoms with E-state index in [9.17, 15) is 19.2 Å². The molecule has 3 N–H and O–H groups in total. The van der Waals surface area contributed by atoms with Crippen LogP contribution in [-0.4, -0.2) is 90.5 Å². The molecule has 14 heteroatoms. The van der Waals surface area contributed by atoms with E-state index in [2.05, 4.69) is 49.8 Å². The van der Waals surface area contributed by atoms with Gasteiger partial charge in [0.05, 0.1) is 44.9 Å². The third-order valence-electron chi connectivity index (χ3n) is 9.61. The summed E-state index contributed by atoms with van der Waals surface area (Å²) in [7, 11) is 0.475. The number of carbonyl (C=O) groups is 4. The SMILES string of the molecule is CCOC(=O)C[C@@H](O[Si](C)(C)C(C)(C)C)[C@H](Cc1ccc(OCc2ccccc2)cc1)NC(=O)CNC(=O)[C@H](NC(=O)c1ccc(OC)cc1)[C@@H](C)OCOC. The topological polar surface area (TPSA) is 160 Å². The maximum Gasteiger partial charge on any atom is 0.308 e. The van der Waals surface area contributed by atoms with Gasteiger partial charge in [-0.3, -0.25) is 19.2 Å². The summed E-state index contributed by atoms with van der Waals surface area (Å²) in [6.45, 7) is 13.9. The van der Waals surface area contributed by atoms with Gasteiger partial charge in [-0.25, -0.2) is 0 Å². The van der Waals surface area contributed by atoms with E-state index in [1.54, 1.807) is 38.1 Å². The van der Waals surface area contributed by atoms with Gasteiger partial charge in [0.15, 0.2) is 8.32 Å². The fourth-order valence-corrected chi connectivity index (χ4v) is 6.73. The van der Waals surface area contributed by atoms with Gasteiger partial charge in [-0.2, -0.15) is 0 Å². The third kappa shape index (κ3) is 14.7. The summed E-state index contributed by atoms with van der Waals surface area (Å²) >= 11 is 0. The largest absolute Gasteiger partial charge is 0.497 e. The highest BCUT2D eigenvalue weighted by Gasteiger charge is 2.42. The molecule has 0 aliphatic carbocycles. The first-order valence-corrected chi connectivity index (χ1v) is 21.7. The smallest absolute Gasteiger partial charge is 0.308 e. The number of rotatable bonds is 22. The Morgan fingerprint density at radius 2 is 1.46 bits per heavy atom. The van der Waals surface area contributed by atoms with Crippen LogP contribution in [0.1, 0.15) is 62.5 Å². The molecule has 0 spiro atoms. The van der Waals surface area contributed by atoms with Gasteiger partial charge >= 0.3 is 5.97 Å². The Balaban J connectivity index is 1.83. The minimum absolute atomic E-state index is 0.0935. The average Bonchev–Trinajstić information content (AvgIpc) is 3.17. The normalized spacial score (nSPS) is 13.7. The second-order valence-corrected chi connectivity index (χ2v) is 19.7. The molecule has 306 valence electrons. The van der Waals surface area contributed by atoms with Crippen molar-refractivity contribution in [1.29, 1.82) is 0 Å². The number of hydrogen-bond donors (Lipinski definition) is 3. The van der Waals surface area contributed by atoms with Gasteiger partial charge in [0, 0.05) is 12.7 Å². The van der Waals surface area contributed by atoms with Crippen LogP contribution < -0.4 is 25.4 Å². The average molecular weight is 794 g/mol. The van der Waals surface area contributed by atoms with E-state index in [1.807, 2.05) is 54.6 Å². The number of benzene rings is 3. The highest BCUT2D eigenvalue weighted by atomic mass is 28.4. The zero-order valence-electron chi connectivity index (χ0n) is 34.1. The molecular formula is C42H59N3O10Si. The molecule has 0 saturated heterocycles. The molecule has 0 bridgehead atoms. The molecule has 56 heavy (non-hydrogen) atoms. The van der Waals surface area contributed by atoms with Gasteiger partial charge in [0.25, 0.3) is 5.91 Å². The van der Waals surface area contributed by atoms with Crippen LogP contribution in [0.25, 0.3) is 0 Å². The van der Waals surface area contributed by atoms with E-state index in [-0.39, 0.29) is 24.9 Å². The number of methoxy groups -OCH3 is 2. The third-order valence-corrected chi connectivity index (χ3v) is 14.1. The zero-order chi connectivity index (χ0) is 41.3. The minimum Gasteiger partial charge on any atom is -0.497 e. The van der Waals surface area contributed by atoms with Crippen molar-refractivity contribution in [3.05, 3.63) is 95.6 Å². The molecule has 3 aromatic carbocycles. The van der Waals surface area contributed by atoms with Crippen LogP contribution in [0.15, 0.2) is 78.9 Å². The minimum atomic E-state index is -2.49. The van der Waals surface area contributed by atoms with E-state index in [0.29, 0.717) is 30.1 Å². The zero-order valence-corrected chi connectivity index (χ0v) is 35.1. The Kier molecular flexibility index (Phi) is 18.0. The van der Waals surface area contributed by atoms with Gasteiger partial charge in [-0.1, -0.05) is 63.2 Å². The van der Waals surface area contributed by atoms with Crippen LogP contribution in [0.2, 0.25) is 18.1 Å². The Morgan fingerprint density at radius 3 is 2.05 bits per heavy atom. The Hall–Kier alpha value is -4.76. The molecule has 0 aliphatic rings. The second-order valence-electron chi connectivity index (χ2n) is 14.9. The quantitative estimate of drug-likeness (QED) is 0.0667. The van der Waals surface area contributed by atoms with Gasteiger partial charge in [-0.05, 0) is 85.9 Å². The van der Waals surface area contributed by atoms with Crippen molar-refractivity contribution in [2.75, 3.05) is 34.2 Å². The van der Waals surface area contributed by atoms with Crippen LogP contribution in [0, 0.1) is 0 Å². The lowest BCUT2D eigenvalue weighted by atomic mass is 9.99. The lowest BCUT2D eigenvalue weighted by molar-refractivity contribution is -0.145. The molecule has 4 atom stereocenters. The van der Waals surface area contributed by atoms with E-state index >= 15 is 0 Å². The molecule has 0 aromatic heterocycles.